The van der Waals surface area contributed by atoms with Crippen LogP contribution in [-0.4, -0.2) is 31.3 Å². The Morgan fingerprint density at radius 1 is 0.700 bits per heavy atom. The lowest BCUT2D eigenvalue weighted by Crippen LogP contribution is -2.30. The smallest absolute Gasteiger partial charge is 0.336 e. The van der Waals surface area contributed by atoms with Crippen LogP contribution in [-0.2, 0) is 10.0 Å². The molecule has 9 heteroatoms. The number of hydrogen-bond acceptors (Lipinski definition) is 5. The molecular formula is C21H16N2O6S. The number of carbonyl (C=O) groups is 3. The SMILES string of the molecule is O=C(NS(=O)(=O)c1ccc(NC(=O)c2ccccc2C(=O)O)cc1)c1ccccc1. The molecule has 0 heterocycles. The average molecular weight is 424 g/mol. The van der Waals surface area contributed by atoms with Gasteiger partial charge in [-0.3, -0.25) is 9.59 Å². The summed E-state index contributed by atoms with van der Waals surface area (Å²) in [5, 5.41) is 11.7. The predicted octanol–water partition coefficient (Wildman–Crippen LogP) is 2.76. The Morgan fingerprint density at radius 2 is 1.27 bits per heavy atom. The van der Waals surface area contributed by atoms with Crippen LogP contribution in [0.3, 0.4) is 0 Å². The highest BCUT2D eigenvalue weighted by molar-refractivity contribution is 7.90. The van der Waals surface area contributed by atoms with Gasteiger partial charge in [-0.2, -0.15) is 0 Å². The normalized spacial score (nSPS) is 10.8. The van der Waals surface area contributed by atoms with E-state index in [0.29, 0.717) is 0 Å². The lowest BCUT2D eigenvalue weighted by atomic mass is 10.1. The summed E-state index contributed by atoms with van der Waals surface area (Å²) in [4.78, 5) is 35.5. The van der Waals surface area contributed by atoms with Crippen LogP contribution in [0, 0.1) is 0 Å². The molecular weight excluding hydrogens is 408 g/mol. The number of anilines is 1. The van der Waals surface area contributed by atoms with Gasteiger partial charge in [0.25, 0.3) is 21.8 Å². The average Bonchev–Trinajstić information content (AvgIpc) is 2.74. The zero-order chi connectivity index (χ0) is 21.7. The van der Waals surface area contributed by atoms with Crippen LogP contribution in [0.4, 0.5) is 5.69 Å². The Labute approximate surface area is 172 Å². The number of hydrogen-bond donors (Lipinski definition) is 3. The van der Waals surface area contributed by atoms with Crippen molar-refractivity contribution in [2.45, 2.75) is 4.90 Å². The number of amides is 2. The van der Waals surface area contributed by atoms with Crippen molar-refractivity contribution in [3.63, 3.8) is 0 Å². The first-order valence-electron chi connectivity index (χ1n) is 8.64. The zero-order valence-electron chi connectivity index (χ0n) is 15.4. The van der Waals surface area contributed by atoms with Gasteiger partial charge in [0.05, 0.1) is 16.0 Å². The van der Waals surface area contributed by atoms with Crippen LogP contribution in [0.1, 0.15) is 31.1 Å². The first kappa shape index (κ1) is 20.7. The quantitative estimate of drug-likeness (QED) is 0.558. The number of aromatic carboxylic acids is 1. The molecule has 152 valence electrons. The molecule has 30 heavy (non-hydrogen) atoms. The van der Waals surface area contributed by atoms with E-state index < -0.39 is 27.8 Å². The number of nitrogens with one attached hydrogen (secondary N) is 2. The van der Waals surface area contributed by atoms with E-state index in [9.17, 15) is 27.9 Å². The predicted molar refractivity (Wildman–Crippen MR) is 109 cm³/mol. The molecule has 0 spiro atoms. The number of carboxylic acid groups (broad SMARTS) is 1. The maximum atomic E-state index is 12.4. The number of sulfonamides is 1. The van der Waals surface area contributed by atoms with E-state index in [1.807, 2.05) is 4.72 Å². The summed E-state index contributed by atoms with van der Waals surface area (Å²) in [6, 6.07) is 18.7. The van der Waals surface area contributed by atoms with Crippen molar-refractivity contribution in [1.29, 1.82) is 0 Å². The molecule has 3 rings (SSSR count). The maximum Gasteiger partial charge on any atom is 0.336 e. The molecule has 3 aromatic rings. The zero-order valence-corrected chi connectivity index (χ0v) is 16.2. The highest BCUT2D eigenvalue weighted by Crippen LogP contribution is 2.17. The molecule has 0 saturated heterocycles. The second-order valence-corrected chi connectivity index (χ2v) is 7.81. The Balaban J connectivity index is 1.74. The van der Waals surface area contributed by atoms with E-state index in [1.165, 1.54) is 60.7 Å². The highest BCUT2D eigenvalue weighted by atomic mass is 32.2. The molecule has 0 aliphatic rings. The highest BCUT2D eigenvalue weighted by Gasteiger charge is 2.19. The third kappa shape index (κ3) is 4.70. The molecule has 0 saturated carbocycles. The van der Waals surface area contributed by atoms with Gasteiger partial charge >= 0.3 is 5.97 Å². The van der Waals surface area contributed by atoms with Crippen molar-refractivity contribution in [1.82, 2.24) is 4.72 Å². The van der Waals surface area contributed by atoms with Crippen LogP contribution >= 0.6 is 0 Å². The minimum Gasteiger partial charge on any atom is -0.478 e. The third-order valence-corrected chi connectivity index (χ3v) is 5.43. The van der Waals surface area contributed by atoms with Gasteiger partial charge in [0.2, 0.25) is 0 Å². The Hall–Kier alpha value is -3.98. The van der Waals surface area contributed by atoms with Crippen molar-refractivity contribution in [2.75, 3.05) is 5.32 Å². The monoisotopic (exact) mass is 424 g/mol. The second-order valence-electron chi connectivity index (χ2n) is 6.13. The van der Waals surface area contributed by atoms with E-state index >= 15 is 0 Å². The molecule has 0 aliphatic heterocycles. The van der Waals surface area contributed by atoms with Crippen molar-refractivity contribution in [3.05, 3.63) is 95.6 Å². The molecule has 0 bridgehead atoms. The summed E-state index contributed by atoms with van der Waals surface area (Å²) >= 11 is 0. The Kier molecular flexibility index (Phi) is 5.93. The minimum atomic E-state index is -4.11. The molecule has 0 aliphatic carbocycles. The van der Waals surface area contributed by atoms with Gasteiger partial charge in [-0.05, 0) is 48.5 Å². The van der Waals surface area contributed by atoms with Gasteiger partial charge in [0, 0.05) is 11.3 Å². The molecule has 3 aromatic carbocycles. The summed E-state index contributed by atoms with van der Waals surface area (Å²) in [5.41, 5.74) is 0.269. The van der Waals surface area contributed by atoms with E-state index in [1.54, 1.807) is 18.2 Å². The van der Waals surface area contributed by atoms with Gasteiger partial charge in [-0.1, -0.05) is 30.3 Å². The topological polar surface area (TPSA) is 130 Å². The van der Waals surface area contributed by atoms with E-state index in [2.05, 4.69) is 5.32 Å². The first-order chi connectivity index (χ1) is 14.3. The lowest BCUT2D eigenvalue weighted by Gasteiger charge is -2.10. The molecule has 3 N–H and O–H groups in total. The second kappa shape index (κ2) is 8.58. The number of carboxylic acids is 1. The van der Waals surface area contributed by atoms with Gasteiger partial charge in [-0.25, -0.2) is 17.9 Å². The fourth-order valence-electron chi connectivity index (χ4n) is 2.61. The molecule has 0 fully saturated rings. The third-order valence-electron chi connectivity index (χ3n) is 4.09. The molecule has 0 unspecified atom stereocenters. The fourth-order valence-corrected chi connectivity index (χ4v) is 3.59. The summed E-state index contributed by atoms with van der Waals surface area (Å²) in [7, 11) is -4.11. The molecule has 8 nitrogen and oxygen atoms in total. The van der Waals surface area contributed by atoms with Gasteiger partial charge in [0.1, 0.15) is 0 Å². The Morgan fingerprint density at radius 3 is 1.87 bits per heavy atom. The Bertz CT molecular complexity index is 1210. The molecule has 0 atom stereocenters. The maximum absolute atomic E-state index is 12.4. The van der Waals surface area contributed by atoms with Crippen LogP contribution in [0.15, 0.2) is 83.8 Å². The minimum absolute atomic E-state index is 0.0307. The van der Waals surface area contributed by atoms with Gasteiger partial charge < -0.3 is 10.4 Å². The van der Waals surface area contributed by atoms with E-state index in [0.717, 1.165) is 0 Å². The number of carbonyl (C=O) groups excluding carboxylic acids is 2. The molecule has 0 radical (unpaired) electrons. The molecule has 2 amide bonds. The lowest BCUT2D eigenvalue weighted by molar-refractivity contribution is 0.0692. The summed E-state index contributed by atoms with van der Waals surface area (Å²) in [5.74, 6) is -2.66. The van der Waals surface area contributed by atoms with Gasteiger partial charge in [-0.15, -0.1) is 0 Å². The fraction of sp³-hybridized carbons (Fsp3) is 0. The summed E-state index contributed by atoms with van der Waals surface area (Å²) in [6.45, 7) is 0. The van der Waals surface area contributed by atoms with Crippen molar-refractivity contribution in [3.8, 4) is 0 Å². The van der Waals surface area contributed by atoms with Crippen molar-refractivity contribution >= 4 is 33.5 Å². The van der Waals surface area contributed by atoms with Crippen molar-refractivity contribution < 1.29 is 27.9 Å². The summed E-state index contributed by atoms with van der Waals surface area (Å²) < 4.78 is 26.8. The van der Waals surface area contributed by atoms with E-state index in [-0.39, 0.29) is 27.3 Å². The van der Waals surface area contributed by atoms with E-state index in [4.69, 9.17) is 0 Å². The van der Waals surface area contributed by atoms with Crippen LogP contribution in [0.25, 0.3) is 0 Å². The van der Waals surface area contributed by atoms with Crippen molar-refractivity contribution in [2.24, 2.45) is 0 Å². The molecule has 0 aromatic heterocycles. The number of rotatable bonds is 6. The van der Waals surface area contributed by atoms with Crippen LogP contribution in [0.2, 0.25) is 0 Å². The van der Waals surface area contributed by atoms with Crippen LogP contribution in [0.5, 0.6) is 0 Å². The van der Waals surface area contributed by atoms with Gasteiger partial charge in [0.15, 0.2) is 0 Å². The van der Waals surface area contributed by atoms with Crippen LogP contribution < -0.4 is 10.0 Å². The summed E-state index contributed by atoms with van der Waals surface area (Å²) in [6.07, 6.45) is 0. The number of benzene rings is 3. The largest absolute Gasteiger partial charge is 0.478 e. The standard InChI is InChI=1S/C21H16N2O6S/c24-19(14-6-2-1-3-7-14)23-30(28,29)16-12-10-15(11-13-16)22-20(25)17-8-4-5-9-18(17)21(26)27/h1-13H,(H,22,25)(H,23,24)(H,26,27). The first-order valence-corrected chi connectivity index (χ1v) is 10.1.